The highest BCUT2D eigenvalue weighted by Crippen LogP contribution is 2.45. The van der Waals surface area contributed by atoms with E-state index < -0.39 is 0 Å². The molecule has 1 aromatic rings. The number of benzene rings is 1. The molecular weight excluding hydrogens is 258 g/mol. The maximum absolute atomic E-state index is 10.1. The van der Waals surface area contributed by atoms with Crippen LogP contribution in [0.4, 0.5) is 0 Å². The van der Waals surface area contributed by atoms with Gasteiger partial charge in [0.1, 0.15) is 5.75 Å². The molecule has 0 radical (unpaired) electrons. The lowest BCUT2D eigenvalue weighted by molar-refractivity contribution is 0.0150. The molecule has 2 atom stereocenters. The lowest BCUT2D eigenvalue weighted by atomic mass is 9.72. The third-order valence-corrected chi connectivity index (χ3v) is 5.67. The van der Waals surface area contributed by atoms with Crippen molar-refractivity contribution in [3.05, 3.63) is 28.8 Å². The van der Waals surface area contributed by atoms with Crippen molar-refractivity contribution in [3.63, 3.8) is 0 Å². The van der Waals surface area contributed by atoms with Gasteiger partial charge in [0.25, 0.3) is 0 Å². The number of aromatic hydroxyl groups is 1. The molecule has 2 aliphatic heterocycles. The molecule has 2 unspecified atom stereocenters. The summed E-state index contributed by atoms with van der Waals surface area (Å²) in [6.07, 6.45) is 5.01. The Morgan fingerprint density at radius 3 is 2.86 bits per heavy atom. The molecule has 1 N–H and O–H groups in total. The van der Waals surface area contributed by atoms with Crippen LogP contribution < -0.4 is 0 Å². The largest absolute Gasteiger partial charge is 0.508 e. The molecule has 2 nitrogen and oxygen atoms in total. The fourth-order valence-corrected chi connectivity index (χ4v) is 4.47. The lowest BCUT2D eigenvalue weighted by Gasteiger charge is -2.51. The lowest BCUT2D eigenvalue weighted by Crippen LogP contribution is -2.53. The van der Waals surface area contributed by atoms with Gasteiger partial charge in [-0.3, -0.25) is 4.90 Å². The molecule has 116 valence electrons. The molecule has 1 fully saturated rings. The summed E-state index contributed by atoms with van der Waals surface area (Å²) in [6, 6.07) is 4.24. The Hall–Kier alpha value is -1.02. The van der Waals surface area contributed by atoms with Crippen molar-refractivity contribution in [2.45, 2.75) is 58.9 Å². The van der Waals surface area contributed by atoms with E-state index in [1.807, 2.05) is 13.0 Å². The Morgan fingerprint density at radius 1 is 1.38 bits per heavy atom. The molecule has 2 heteroatoms. The molecule has 0 amide bonds. The Labute approximate surface area is 129 Å². The van der Waals surface area contributed by atoms with E-state index in [-0.39, 0.29) is 5.54 Å². The van der Waals surface area contributed by atoms with Gasteiger partial charge in [-0.1, -0.05) is 19.9 Å². The van der Waals surface area contributed by atoms with E-state index in [9.17, 15) is 5.11 Å². The maximum Gasteiger partial charge on any atom is 0.118 e. The molecule has 0 aromatic heterocycles. The highest BCUT2D eigenvalue weighted by atomic mass is 16.3. The second-order valence-electron chi connectivity index (χ2n) is 7.80. The van der Waals surface area contributed by atoms with Gasteiger partial charge in [-0.15, -0.1) is 0 Å². The average molecular weight is 287 g/mol. The average Bonchev–Trinajstić information content (AvgIpc) is 2.41. The van der Waals surface area contributed by atoms with Crippen LogP contribution in [0.5, 0.6) is 5.75 Å². The second-order valence-corrected chi connectivity index (χ2v) is 7.80. The van der Waals surface area contributed by atoms with Crippen molar-refractivity contribution >= 4 is 0 Å². The first-order valence-corrected chi connectivity index (χ1v) is 8.48. The third-order valence-electron chi connectivity index (χ3n) is 5.67. The highest BCUT2D eigenvalue weighted by molar-refractivity contribution is 5.46. The molecule has 0 aliphatic carbocycles. The number of hydrogen-bond acceptors (Lipinski definition) is 2. The molecule has 1 saturated heterocycles. The zero-order chi connectivity index (χ0) is 15.2. The van der Waals surface area contributed by atoms with Crippen molar-refractivity contribution in [2.75, 3.05) is 13.1 Å². The van der Waals surface area contributed by atoms with Crippen LogP contribution in [0.25, 0.3) is 0 Å². The minimum Gasteiger partial charge on any atom is -0.508 e. The molecule has 2 heterocycles. The molecule has 2 aliphatic rings. The van der Waals surface area contributed by atoms with Gasteiger partial charge in [0.05, 0.1) is 0 Å². The van der Waals surface area contributed by atoms with Crippen LogP contribution in [-0.4, -0.2) is 23.1 Å². The second kappa shape index (κ2) is 5.31. The van der Waals surface area contributed by atoms with Crippen LogP contribution in [0.3, 0.4) is 0 Å². The van der Waals surface area contributed by atoms with Gasteiger partial charge in [-0.2, -0.15) is 0 Å². The van der Waals surface area contributed by atoms with Crippen LogP contribution >= 0.6 is 0 Å². The standard InChI is InChI=1S/C19H29NO/c1-13(2)9-15-5-7-19(4)17-11-18(21)14(3)10-16(17)6-8-20(19)12-15/h10-11,13,15,21H,5-9,12H2,1-4H3. The monoisotopic (exact) mass is 287 g/mol. The Balaban J connectivity index is 1.89. The minimum atomic E-state index is 0.131. The predicted octanol–water partition coefficient (Wildman–Crippen LogP) is 4.23. The molecule has 0 bridgehead atoms. The summed E-state index contributed by atoms with van der Waals surface area (Å²) in [4.78, 5) is 2.68. The SMILES string of the molecule is Cc1cc2c(cc1O)C1(C)CCC(CC(C)C)CN1CC2. The topological polar surface area (TPSA) is 23.5 Å². The zero-order valence-corrected chi connectivity index (χ0v) is 13.9. The van der Waals surface area contributed by atoms with Crippen LogP contribution in [-0.2, 0) is 12.0 Å². The first-order valence-electron chi connectivity index (χ1n) is 8.48. The van der Waals surface area contributed by atoms with Gasteiger partial charge in [0.2, 0.25) is 0 Å². The fraction of sp³-hybridized carbons (Fsp3) is 0.684. The molecule has 0 saturated carbocycles. The summed E-state index contributed by atoms with van der Waals surface area (Å²) in [7, 11) is 0. The number of rotatable bonds is 2. The van der Waals surface area contributed by atoms with Crippen LogP contribution in [0.2, 0.25) is 0 Å². The van der Waals surface area contributed by atoms with E-state index in [1.165, 1.54) is 43.5 Å². The minimum absolute atomic E-state index is 0.131. The van der Waals surface area contributed by atoms with E-state index in [1.54, 1.807) is 0 Å². The number of hydrogen-bond donors (Lipinski definition) is 1. The van der Waals surface area contributed by atoms with E-state index in [4.69, 9.17) is 0 Å². The number of piperidine rings is 1. The van der Waals surface area contributed by atoms with Crippen molar-refractivity contribution < 1.29 is 5.11 Å². The van der Waals surface area contributed by atoms with E-state index in [0.29, 0.717) is 5.75 Å². The zero-order valence-electron chi connectivity index (χ0n) is 13.9. The van der Waals surface area contributed by atoms with Crippen LogP contribution in [0, 0.1) is 18.8 Å². The van der Waals surface area contributed by atoms with Gasteiger partial charge in [-0.25, -0.2) is 0 Å². The van der Waals surface area contributed by atoms with Crippen LogP contribution in [0.15, 0.2) is 12.1 Å². The summed E-state index contributed by atoms with van der Waals surface area (Å²) in [6.45, 7) is 11.4. The van der Waals surface area contributed by atoms with Gasteiger partial charge >= 0.3 is 0 Å². The Kier molecular flexibility index (Phi) is 3.77. The van der Waals surface area contributed by atoms with Crippen molar-refractivity contribution in [1.29, 1.82) is 0 Å². The first kappa shape index (κ1) is 14.9. The van der Waals surface area contributed by atoms with Crippen LogP contribution in [0.1, 0.15) is 56.7 Å². The molecule has 3 rings (SSSR count). The van der Waals surface area contributed by atoms with Crippen molar-refractivity contribution in [1.82, 2.24) is 4.90 Å². The van der Waals surface area contributed by atoms with Gasteiger partial charge < -0.3 is 5.11 Å². The van der Waals surface area contributed by atoms with E-state index >= 15 is 0 Å². The van der Waals surface area contributed by atoms with E-state index in [2.05, 4.69) is 31.7 Å². The first-order chi connectivity index (χ1) is 9.90. The summed E-state index contributed by atoms with van der Waals surface area (Å²) >= 11 is 0. The smallest absolute Gasteiger partial charge is 0.118 e. The molecule has 0 spiro atoms. The number of phenolic OH excluding ortho intramolecular Hbond substituents is 1. The Bertz CT molecular complexity index is 537. The summed E-state index contributed by atoms with van der Waals surface area (Å²) in [5.74, 6) is 2.10. The Morgan fingerprint density at radius 2 is 2.14 bits per heavy atom. The summed E-state index contributed by atoms with van der Waals surface area (Å²) in [5, 5.41) is 10.1. The number of fused-ring (bicyclic) bond motifs is 3. The number of nitrogens with zero attached hydrogens (tertiary/aromatic N) is 1. The highest BCUT2D eigenvalue weighted by Gasteiger charge is 2.42. The number of phenols is 1. The number of aryl methyl sites for hydroxylation is 1. The molecule has 21 heavy (non-hydrogen) atoms. The summed E-state index contributed by atoms with van der Waals surface area (Å²) < 4.78 is 0. The maximum atomic E-state index is 10.1. The fourth-order valence-electron chi connectivity index (χ4n) is 4.47. The van der Waals surface area contributed by atoms with E-state index in [0.717, 1.165) is 23.8 Å². The third kappa shape index (κ3) is 2.59. The van der Waals surface area contributed by atoms with Gasteiger partial charge in [-0.05, 0) is 74.1 Å². The predicted molar refractivity (Wildman–Crippen MR) is 87.7 cm³/mol. The quantitative estimate of drug-likeness (QED) is 0.880. The van der Waals surface area contributed by atoms with Crippen molar-refractivity contribution in [3.8, 4) is 5.75 Å². The van der Waals surface area contributed by atoms with Gasteiger partial charge in [0.15, 0.2) is 0 Å². The van der Waals surface area contributed by atoms with Gasteiger partial charge in [0, 0.05) is 18.6 Å². The van der Waals surface area contributed by atoms with Crippen molar-refractivity contribution in [2.24, 2.45) is 11.8 Å². The molecule has 1 aromatic carbocycles. The molecular formula is C19H29NO. The normalized spacial score (nSPS) is 29.3. The summed E-state index contributed by atoms with van der Waals surface area (Å²) in [5.41, 5.74) is 3.97.